The molecule has 0 saturated carbocycles. The van der Waals surface area contributed by atoms with E-state index >= 15 is 0 Å². The standard InChI is InChI=1S/C9H6ClNO/c10-9-3-8(4-11-5-9)7-1-2-12-6-7/h1-6H. The lowest BCUT2D eigenvalue weighted by atomic mass is 10.2. The normalized spacial score (nSPS) is 10.1. The van der Waals surface area contributed by atoms with Crippen molar-refractivity contribution in [2.75, 3.05) is 0 Å². The van der Waals surface area contributed by atoms with E-state index in [0.717, 1.165) is 11.1 Å². The van der Waals surface area contributed by atoms with E-state index in [4.69, 9.17) is 16.0 Å². The first kappa shape index (κ1) is 7.37. The van der Waals surface area contributed by atoms with Gasteiger partial charge in [0.05, 0.1) is 17.5 Å². The summed E-state index contributed by atoms with van der Waals surface area (Å²) in [5.41, 5.74) is 1.96. The quantitative estimate of drug-likeness (QED) is 0.673. The molecular formula is C9H6ClNO. The molecule has 0 atom stereocenters. The van der Waals surface area contributed by atoms with Crippen molar-refractivity contribution in [3.05, 3.63) is 42.1 Å². The third-order valence-corrected chi connectivity index (χ3v) is 1.77. The minimum absolute atomic E-state index is 0.633. The maximum Gasteiger partial charge on any atom is 0.0981 e. The largest absolute Gasteiger partial charge is 0.472 e. The molecular weight excluding hydrogens is 174 g/mol. The van der Waals surface area contributed by atoms with Gasteiger partial charge in [0, 0.05) is 23.5 Å². The zero-order chi connectivity index (χ0) is 8.39. The summed E-state index contributed by atoms with van der Waals surface area (Å²) < 4.78 is 4.94. The molecule has 0 amide bonds. The van der Waals surface area contributed by atoms with E-state index in [0.29, 0.717) is 5.02 Å². The molecule has 0 fully saturated rings. The monoisotopic (exact) mass is 179 g/mol. The highest BCUT2D eigenvalue weighted by Crippen LogP contribution is 2.21. The highest BCUT2D eigenvalue weighted by Gasteiger charge is 1.98. The smallest absolute Gasteiger partial charge is 0.0981 e. The fourth-order valence-corrected chi connectivity index (χ4v) is 1.17. The Morgan fingerprint density at radius 1 is 1.25 bits per heavy atom. The van der Waals surface area contributed by atoms with Crippen LogP contribution in [0.15, 0.2) is 41.5 Å². The first-order chi connectivity index (χ1) is 5.86. The van der Waals surface area contributed by atoms with Crippen molar-refractivity contribution in [2.45, 2.75) is 0 Å². The molecule has 0 radical (unpaired) electrons. The predicted octanol–water partition coefficient (Wildman–Crippen LogP) is 3.00. The lowest BCUT2D eigenvalue weighted by molar-refractivity contribution is 0.568. The van der Waals surface area contributed by atoms with E-state index in [1.54, 1.807) is 24.9 Å². The van der Waals surface area contributed by atoms with Crippen molar-refractivity contribution in [3.8, 4) is 11.1 Å². The zero-order valence-electron chi connectivity index (χ0n) is 6.20. The van der Waals surface area contributed by atoms with Gasteiger partial charge in [-0.2, -0.15) is 0 Å². The predicted molar refractivity (Wildman–Crippen MR) is 46.9 cm³/mol. The number of hydrogen-bond donors (Lipinski definition) is 0. The Kier molecular flexibility index (Phi) is 1.84. The van der Waals surface area contributed by atoms with Gasteiger partial charge in [-0.15, -0.1) is 0 Å². The molecule has 2 aromatic rings. The van der Waals surface area contributed by atoms with E-state index in [1.165, 1.54) is 0 Å². The zero-order valence-corrected chi connectivity index (χ0v) is 6.95. The molecule has 0 aromatic carbocycles. The van der Waals surface area contributed by atoms with Gasteiger partial charge in [0.15, 0.2) is 0 Å². The summed E-state index contributed by atoms with van der Waals surface area (Å²) >= 11 is 5.77. The van der Waals surface area contributed by atoms with E-state index in [1.807, 2.05) is 12.1 Å². The lowest BCUT2D eigenvalue weighted by Gasteiger charge is -1.94. The fourth-order valence-electron chi connectivity index (χ4n) is 0.998. The fraction of sp³-hybridized carbons (Fsp3) is 0. The number of furan rings is 1. The van der Waals surface area contributed by atoms with Crippen LogP contribution in [0, 0.1) is 0 Å². The molecule has 0 unspecified atom stereocenters. The molecule has 12 heavy (non-hydrogen) atoms. The van der Waals surface area contributed by atoms with Gasteiger partial charge >= 0.3 is 0 Å². The van der Waals surface area contributed by atoms with Crippen LogP contribution in [0.5, 0.6) is 0 Å². The van der Waals surface area contributed by atoms with Gasteiger partial charge in [-0.1, -0.05) is 11.6 Å². The van der Waals surface area contributed by atoms with Crippen molar-refractivity contribution >= 4 is 11.6 Å². The van der Waals surface area contributed by atoms with Crippen LogP contribution in [-0.4, -0.2) is 4.98 Å². The first-order valence-corrected chi connectivity index (χ1v) is 3.87. The maximum absolute atomic E-state index is 5.77. The Bertz CT molecular complexity index is 370. The summed E-state index contributed by atoms with van der Waals surface area (Å²) in [5, 5.41) is 0.633. The third-order valence-electron chi connectivity index (χ3n) is 1.56. The number of pyridine rings is 1. The van der Waals surface area contributed by atoms with Gasteiger partial charge in [0.25, 0.3) is 0 Å². The molecule has 2 rings (SSSR count). The van der Waals surface area contributed by atoms with Gasteiger partial charge in [-0.05, 0) is 12.1 Å². The molecule has 2 nitrogen and oxygen atoms in total. The molecule has 0 saturated heterocycles. The van der Waals surface area contributed by atoms with Gasteiger partial charge in [-0.25, -0.2) is 0 Å². The average Bonchev–Trinajstić information content (AvgIpc) is 2.56. The van der Waals surface area contributed by atoms with E-state index < -0.39 is 0 Å². The average molecular weight is 180 g/mol. The molecule has 2 heterocycles. The van der Waals surface area contributed by atoms with Crippen LogP contribution in [0.2, 0.25) is 5.02 Å². The first-order valence-electron chi connectivity index (χ1n) is 3.49. The van der Waals surface area contributed by atoms with Gasteiger partial charge in [0.2, 0.25) is 0 Å². The number of nitrogens with zero attached hydrogens (tertiary/aromatic N) is 1. The lowest BCUT2D eigenvalue weighted by Crippen LogP contribution is -1.76. The molecule has 0 aliphatic carbocycles. The van der Waals surface area contributed by atoms with Crippen molar-refractivity contribution < 1.29 is 4.42 Å². The molecule has 0 N–H and O–H groups in total. The van der Waals surface area contributed by atoms with Crippen LogP contribution in [0.1, 0.15) is 0 Å². The second kappa shape index (κ2) is 2.99. The maximum atomic E-state index is 5.77. The van der Waals surface area contributed by atoms with Crippen LogP contribution >= 0.6 is 11.6 Å². The van der Waals surface area contributed by atoms with Gasteiger partial charge < -0.3 is 4.42 Å². The van der Waals surface area contributed by atoms with Gasteiger partial charge in [-0.3, -0.25) is 4.98 Å². The second-order valence-corrected chi connectivity index (χ2v) is 2.84. The summed E-state index contributed by atoms with van der Waals surface area (Å²) in [6.45, 7) is 0. The van der Waals surface area contributed by atoms with Crippen molar-refractivity contribution in [1.82, 2.24) is 4.98 Å². The van der Waals surface area contributed by atoms with Crippen molar-refractivity contribution in [1.29, 1.82) is 0 Å². The molecule has 2 aromatic heterocycles. The summed E-state index contributed by atoms with van der Waals surface area (Å²) in [5.74, 6) is 0. The van der Waals surface area contributed by atoms with Crippen LogP contribution < -0.4 is 0 Å². The molecule has 0 spiro atoms. The van der Waals surface area contributed by atoms with Crippen LogP contribution in [0.25, 0.3) is 11.1 Å². The van der Waals surface area contributed by atoms with Crippen molar-refractivity contribution in [3.63, 3.8) is 0 Å². The minimum atomic E-state index is 0.633. The molecule has 0 bridgehead atoms. The summed E-state index contributed by atoms with van der Waals surface area (Å²) in [7, 11) is 0. The Hall–Kier alpha value is -1.28. The molecule has 0 aliphatic rings. The highest BCUT2D eigenvalue weighted by atomic mass is 35.5. The Labute approximate surface area is 74.8 Å². The number of rotatable bonds is 1. The summed E-state index contributed by atoms with van der Waals surface area (Å²) in [6, 6.07) is 3.72. The highest BCUT2D eigenvalue weighted by molar-refractivity contribution is 6.30. The molecule has 0 aliphatic heterocycles. The van der Waals surface area contributed by atoms with E-state index in [9.17, 15) is 0 Å². The SMILES string of the molecule is Clc1cncc(-c2ccoc2)c1. The summed E-state index contributed by atoms with van der Waals surface area (Å²) in [6.07, 6.45) is 6.63. The van der Waals surface area contributed by atoms with Crippen molar-refractivity contribution in [2.24, 2.45) is 0 Å². The van der Waals surface area contributed by atoms with Crippen LogP contribution in [0.4, 0.5) is 0 Å². The van der Waals surface area contributed by atoms with Crippen LogP contribution in [-0.2, 0) is 0 Å². The number of hydrogen-bond acceptors (Lipinski definition) is 2. The number of aromatic nitrogens is 1. The van der Waals surface area contributed by atoms with Crippen LogP contribution in [0.3, 0.4) is 0 Å². The Morgan fingerprint density at radius 3 is 2.83 bits per heavy atom. The minimum Gasteiger partial charge on any atom is -0.472 e. The molecule has 60 valence electrons. The number of halogens is 1. The summed E-state index contributed by atoms with van der Waals surface area (Å²) in [4.78, 5) is 3.97. The van der Waals surface area contributed by atoms with E-state index in [2.05, 4.69) is 4.98 Å². The Balaban J connectivity index is 2.48. The molecule has 3 heteroatoms. The van der Waals surface area contributed by atoms with Gasteiger partial charge in [0.1, 0.15) is 0 Å². The topological polar surface area (TPSA) is 26.0 Å². The van der Waals surface area contributed by atoms with E-state index in [-0.39, 0.29) is 0 Å². The second-order valence-electron chi connectivity index (χ2n) is 2.40. The Morgan fingerprint density at radius 2 is 2.17 bits per heavy atom. The third kappa shape index (κ3) is 1.34.